The Bertz CT molecular complexity index is 206. The Labute approximate surface area is 78.8 Å². The number of hydrogen-bond donors (Lipinski definition) is 0. The summed E-state index contributed by atoms with van der Waals surface area (Å²) in [6.45, 7) is 7.49. The first-order valence-electron chi connectivity index (χ1n) is 4.30. The van der Waals surface area contributed by atoms with Crippen LogP contribution in [0.25, 0.3) is 0 Å². The molecular formula is C10H16O3. The third-order valence-corrected chi connectivity index (χ3v) is 1.55. The average molecular weight is 184 g/mol. The minimum atomic E-state index is 0.0165. The van der Waals surface area contributed by atoms with Crippen LogP contribution in [0.4, 0.5) is 0 Å². The Morgan fingerprint density at radius 3 is 2.15 bits per heavy atom. The lowest BCUT2D eigenvalue weighted by Crippen LogP contribution is -2.07. The van der Waals surface area contributed by atoms with E-state index in [1.807, 2.05) is 0 Å². The molecule has 3 nitrogen and oxygen atoms in total. The predicted molar refractivity (Wildman–Crippen MR) is 50.6 cm³/mol. The summed E-state index contributed by atoms with van der Waals surface area (Å²) in [4.78, 5) is 21.5. The maximum absolute atomic E-state index is 11.0. The van der Waals surface area contributed by atoms with E-state index in [1.54, 1.807) is 6.92 Å². The first-order chi connectivity index (χ1) is 6.04. The summed E-state index contributed by atoms with van der Waals surface area (Å²) in [6.07, 6.45) is 0.772. The minimum absolute atomic E-state index is 0.0165. The van der Waals surface area contributed by atoms with Gasteiger partial charge in [-0.25, -0.2) is 0 Å². The average Bonchev–Trinajstić information content (AvgIpc) is 2.02. The van der Waals surface area contributed by atoms with Crippen molar-refractivity contribution in [2.75, 3.05) is 13.2 Å². The fraction of sp³-hybridized carbons (Fsp3) is 0.600. The van der Waals surface area contributed by atoms with E-state index in [0.717, 1.165) is 0 Å². The summed E-state index contributed by atoms with van der Waals surface area (Å²) >= 11 is 0. The molecule has 0 atom stereocenters. The largest absolute Gasteiger partial charge is 0.381 e. The van der Waals surface area contributed by atoms with Crippen LogP contribution in [0.2, 0.25) is 0 Å². The lowest BCUT2D eigenvalue weighted by atomic mass is 10.2. The van der Waals surface area contributed by atoms with Gasteiger partial charge in [-0.2, -0.15) is 0 Å². The number of allylic oxidation sites excluding steroid dienone is 1. The van der Waals surface area contributed by atoms with Crippen LogP contribution in [0.5, 0.6) is 0 Å². The topological polar surface area (TPSA) is 43.4 Å². The normalized spacial score (nSPS) is 9.69. The third-order valence-electron chi connectivity index (χ3n) is 1.55. The van der Waals surface area contributed by atoms with E-state index < -0.39 is 0 Å². The molecule has 74 valence electrons. The van der Waals surface area contributed by atoms with E-state index in [2.05, 4.69) is 6.58 Å². The molecule has 0 unspecified atom stereocenters. The Balaban J connectivity index is 3.31. The van der Waals surface area contributed by atoms with E-state index in [4.69, 9.17) is 4.74 Å². The minimum Gasteiger partial charge on any atom is -0.381 e. The van der Waals surface area contributed by atoms with Gasteiger partial charge in [0.05, 0.1) is 13.2 Å². The molecule has 0 rings (SSSR count). The molecule has 0 amide bonds. The van der Waals surface area contributed by atoms with E-state index >= 15 is 0 Å². The van der Waals surface area contributed by atoms with Crippen LogP contribution < -0.4 is 0 Å². The molecule has 0 aromatic heterocycles. The van der Waals surface area contributed by atoms with Crippen molar-refractivity contribution in [3.8, 4) is 0 Å². The van der Waals surface area contributed by atoms with Crippen molar-refractivity contribution in [2.24, 2.45) is 0 Å². The molecule has 0 aliphatic rings. The van der Waals surface area contributed by atoms with Gasteiger partial charge in [0.2, 0.25) is 0 Å². The first kappa shape index (κ1) is 12.0. The molecule has 0 aromatic carbocycles. The highest BCUT2D eigenvalue weighted by Crippen LogP contribution is 1.96. The zero-order valence-electron chi connectivity index (χ0n) is 8.26. The van der Waals surface area contributed by atoms with Crippen molar-refractivity contribution in [1.82, 2.24) is 0 Å². The number of ketones is 2. The highest BCUT2D eigenvalue weighted by atomic mass is 16.5. The molecule has 0 heterocycles. The highest BCUT2D eigenvalue weighted by molar-refractivity contribution is 5.94. The van der Waals surface area contributed by atoms with Gasteiger partial charge >= 0.3 is 0 Å². The van der Waals surface area contributed by atoms with Crippen molar-refractivity contribution >= 4 is 11.6 Å². The van der Waals surface area contributed by atoms with Crippen LogP contribution in [0, 0.1) is 0 Å². The van der Waals surface area contributed by atoms with Gasteiger partial charge in [0.1, 0.15) is 5.78 Å². The number of Topliss-reactive ketones (excluding diaryl/α,β-unsaturated/α-hetero) is 2. The van der Waals surface area contributed by atoms with E-state index in [9.17, 15) is 9.59 Å². The van der Waals surface area contributed by atoms with Crippen molar-refractivity contribution in [3.63, 3.8) is 0 Å². The van der Waals surface area contributed by atoms with Crippen LogP contribution in [-0.4, -0.2) is 24.8 Å². The fourth-order valence-electron chi connectivity index (χ4n) is 0.696. The quantitative estimate of drug-likeness (QED) is 0.445. The molecule has 0 aliphatic heterocycles. The summed E-state index contributed by atoms with van der Waals surface area (Å²) in [6, 6.07) is 0. The summed E-state index contributed by atoms with van der Waals surface area (Å²) in [5, 5.41) is 0. The number of carbonyl (C=O) groups is 2. The fourth-order valence-corrected chi connectivity index (χ4v) is 0.696. The zero-order chi connectivity index (χ0) is 10.3. The van der Waals surface area contributed by atoms with Crippen molar-refractivity contribution in [3.05, 3.63) is 12.2 Å². The SMILES string of the molecule is C=C(C)C(=O)CCOCCC(C)=O. The molecule has 0 N–H and O–H groups in total. The van der Waals surface area contributed by atoms with E-state index in [0.29, 0.717) is 31.6 Å². The Morgan fingerprint density at radius 1 is 1.15 bits per heavy atom. The highest BCUT2D eigenvalue weighted by Gasteiger charge is 2.01. The summed E-state index contributed by atoms with van der Waals surface area (Å²) in [5.74, 6) is 0.119. The van der Waals surface area contributed by atoms with Gasteiger partial charge in [0.15, 0.2) is 5.78 Å². The van der Waals surface area contributed by atoms with Crippen LogP contribution in [-0.2, 0) is 14.3 Å². The maximum Gasteiger partial charge on any atom is 0.160 e. The molecule has 0 radical (unpaired) electrons. The monoisotopic (exact) mass is 184 g/mol. The Kier molecular flexibility index (Phi) is 6.06. The molecular weight excluding hydrogens is 168 g/mol. The molecule has 0 saturated carbocycles. The van der Waals surface area contributed by atoms with E-state index in [-0.39, 0.29) is 11.6 Å². The molecule has 13 heavy (non-hydrogen) atoms. The van der Waals surface area contributed by atoms with Crippen LogP contribution in [0.15, 0.2) is 12.2 Å². The molecule has 0 bridgehead atoms. The first-order valence-corrected chi connectivity index (χ1v) is 4.30. The Hall–Kier alpha value is -0.960. The predicted octanol–water partition coefficient (Wildman–Crippen LogP) is 1.52. The standard InChI is InChI=1S/C10H16O3/c1-8(2)10(12)5-7-13-6-4-9(3)11/h1,4-7H2,2-3H3. The number of ether oxygens (including phenoxy) is 1. The van der Waals surface area contributed by atoms with Gasteiger partial charge < -0.3 is 4.74 Å². The second kappa shape index (κ2) is 6.54. The van der Waals surface area contributed by atoms with E-state index in [1.165, 1.54) is 6.92 Å². The molecule has 0 aliphatic carbocycles. The van der Waals surface area contributed by atoms with Gasteiger partial charge in [0.25, 0.3) is 0 Å². The number of hydrogen-bond acceptors (Lipinski definition) is 3. The second-order valence-electron chi connectivity index (χ2n) is 3.02. The molecule has 0 spiro atoms. The van der Waals surface area contributed by atoms with Crippen LogP contribution in [0.1, 0.15) is 26.7 Å². The molecule has 0 fully saturated rings. The van der Waals surface area contributed by atoms with Gasteiger partial charge in [-0.05, 0) is 19.4 Å². The molecule has 3 heteroatoms. The zero-order valence-corrected chi connectivity index (χ0v) is 8.26. The lowest BCUT2D eigenvalue weighted by Gasteiger charge is -2.01. The molecule has 0 saturated heterocycles. The van der Waals surface area contributed by atoms with Crippen molar-refractivity contribution in [2.45, 2.75) is 26.7 Å². The van der Waals surface area contributed by atoms with Gasteiger partial charge in [0, 0.05) is 12.8 Å². The van der Waals surface area contributed by atoms with Gasteiger partial charge in [-0.1, -0.05) is 6.58 Å². The van der Waals surface area contributed by atoms with Crippen molar-refractivity contribution in [1.29, 1.82) is 0 Å². The molecule has 0 aromatic rings. The van der Waals surface area contributed by atoms with Crippen molar-refractivity contribution < 1.29 is 14.3 Å². The third kappa shape index (κ3) is 7.40. The Morgan fingerprint density at radius 2 is 1.69 bits per heavy atom. The number of rotatable bonds is 7. The van der Waals surface area contributed by atoms with Crippen LogP contribution >= 0.6 is 0 Å². The van der Waals surface area contributed by atoms with Crippen LogP contribution in [0.3, 0.4) is 0 Å². The summed E-state index contributed by atoms with van der Waals surface area (Å²) < 4.78 is 5.08. The maximum atomic E-state index is 11.0. The number of carbonyl (C=O) groups excluding carboxylic acids is 2. The van der Waals surface area contributed by atoms with Gasteiger partial charge in [-0.15, -0.1) is 0 Å². The smallest absolute Gasteiger partial charge is 0.160 e. The second-order valence-corrected chi connectivity index (χ2v) is 3.02. The summed E-state index contributed by atoms with van der Waals surface area (Å²) in [7, 11) is 0. The summed E-state index contributed by atoms with van der Waals surface area (Å²) in [5.41, 5.74) is 0.551. The lowest BCUT2D eigenvalue weighted by molar-refractivity contribution is -0.118. The van der Waals surface area contributed by atoms with Gasteiger partial charge in [-0.3, -0.25) is 9.59 Å².